The van der Waals surface area contributed by atoms with Crippen LogP contribution in [0.2, 0.25) is 20.9 Å². The van der Waals surface area contributed by atoms with Crippen molar-refractivity contribution in [3.8, 4) is 0 Å². The van der Waals surface area contributed by atoms with Crippen LogP contribution >= 0.6 is 46.4 Å². The third-order valence-electron chi connectivity index (χ3n) is 3.57. The van der Waals surface area contributed by atoms with Gasteiger partial charge in [-0.2, -0.15) is 9.97 Å². The second-order valence-corrected chi connectivity index (χ2v) is 6.57. The van der Waals surface area contributed by atoms with Crippen LogP contribution in [0.15, 0.2) is 24.8 Å². The number of halogens is 4. The molecule has 0 aliphatic carbocycles. The van der Waals surface area contributed by atoms with Crippen LogP contribution in [-0.2, 0) is 13.1 Å². The molecule has 0 amide bonds. The highest BCUT2D eigenvalue weighted by atomic mass is 35.5. The van der Waals surface area contributed by atoms with Gasteiger partial charge in [-0.05, 0) is 23.2 Å². The smallest absolute Gasteiger partial charge is 0.225 e. The van der Waals surface area contributed by atoms with Crippen LogP contribution in [0.4, 0.5) is 0 Å². The zero-order valence-electron chi connectivity index (χ0n) is 12.8. The lowest BCUT2D eigenvalue weighted by Gasteiger charge is -2.02. The van der Waals surface area contributed by atoms with Crippen LogP contribution < -0.4 is 0 Å². The van der Waals surface area contributed by atoms with E-state index in [1.54, 1.807) is 12.7 Å². The van der Waals surface area contributed by atoms with E-state index in [1.807, 2.05) is 21.3 Å². The van der Waals surface area contributed by atoms with Crippen LogP contribution in [0.1, 0.15) is 0 Å². The molecule has 0 fully saturated rings. The van der Waals surface area contributed by atoms with E-state index in [1.165, 1.54) is 0 Å². The minimum Gasteiger partial charge on any atom is -0.323 e. The Bertz CT molecular complexity index is 1150. The fourth-order valence-electron chi connectivity index (χ4n) is 2.44. The molecule has 0 aliphatic rings. The molecule has 132 valence electrons. The van der Waals surface area contributed by atoms with Gasteiger partial charge in [0.05, 0.1) is 12.7 Å². The molecule has 0 atom stereocenters. The normalized spacial score (nSPS) is 12.0. The average molecular weight is 430 g/mol. The highest BCUT2D eigenvalue weighted by Crippen LogP contribution is 2.22. The molecule has 4 aromatic heterocycles. The predicted octanol–water partition coefficient (Wildman–Crippen LogP) is 3.84. The fraction of sp³-hybridized carbons (Fsp3) is 0.143. The van der Waals surface area contributed by atoms with Gasteiger partial charge in [0, 0.05) is 13.1 Å². The number of allylic oxidation sites excluding steroid dienone is 2. The van der Waals surface area contributed by atoms with E-state index in [2.05, 4.69) is 29.9 Å². The van der Waals surface area contributed by atoms with E-state index in [-0.39, 0.29) is 20.9 Å². The molecule has 4 rings (SSSR count). The molecule has 12 heteroatoms. The van der Waals surface area contributed by atoms with Crippen molar-refractivity contribution >= 4 is 68.7 Å². The molecule has 4 heterocycles. The molecule has 0 aliphatic heterocycles. The minimum atomic E-state index is 0.0644. The van der Waals surface area contributed by atoms with Crippen molar-refractivity contribution in [1.29, 1.82) is 0 Å². The van der Waals surface area contributed by atoms with E-state index in [9.17, 15) is 0 Å². The zero-order valence-corrected chi connectivity index (χ0v) is 15.8. The van der Waals surface area contributed by atoms with E-state index >= 15 is 0 Å². The first-order valence-corrected chi connectivity index (χ1v) is 8.77. The summed E-state index contributed by atoms with van der Waals surface area (Å²) in [6.45, 7) is 1.06. The molecule has 26 heavy (non-hydrogen) atoms. The molecule has 0 aromatic carbocycles. The van der Waals surface area contributed by atoms with Gasteiger partial charge in [-0.1, -0.05) is 35.4 Å². The Labute approximate surface area is 166 Å². The van der Waals surface area contributed by atoms with Crippen LogP contribution in [0.25, 0.3) is 22.3 Å². The molecule has 0 unspecified atom stereocenters. The van der Waals surface area contributed by atoms with Crippen LogP contribution in [0.3, 0.4) is 0 Å². The SMILES string of the molecule is Clc1nc(Cl)c2c(ncn2C/C=C\Cn2cnc3c(Cl)nc(Cl)nc32)n1. The molecular formula is C14H8Cl4N8. The summed E-state index contributed by atoms with van der Waals surface area (Å²) in [5.41, 5.74) is 2.15. The summed E-state index contributed by atoms with van der Waals surface area (Å²) < 4.78 is 3.64. The third kappa shape index (κ3) is 3.21. The Balaban J connectivity index is 1.54. The Morgan fingerprint density at radius 1 is 0.769 bits per heavy atom. The molecule has 0 saturated carbocycles. The van der Waals surface area contributed by atoms with Gasteiger partial charge >= 0.3 is 0 Å². The number of aromatic nitrogens is 8. The molecule has 8 nitrogen and oxygen atoms in total. The Morgan fingerprint density at radius 2 is 1.42 bits per heavy atom. The van der Waals surface area contributed by atoms with Crippen LogP contribution in [0, 0.1) is 0 Å². The first kappa shape index (κ1) is 17.4. The highest BCUT2D eigenvalue weighted by Gasteiger charge is 2.11. The quantitative estimate of drug-likeness (QED) is 0.278. The lowest BCUT2D eigenvalue weighted by atomic mass is 10.4. The van der Waals surface area contributed by atoms with Crippen LogP contribution in [-0.4, -0.2) is 39.0 Å². The molecule has 0 bridgehead atoms. The number of imidazole rings is 2. The van der Waals surface area contributed by atoms with Crippen molar-refractivity contribution in [2.75, 3.05) is 0 Å². The van der Waals surface area contributed by atoms with Gasteiger partial charge in [0.1, 0.15) is 11.0 Å². The predicted molar refractivity (Wildman–Crippen MR) is 99.8 cm³/mol. The number of fused-ring (bicyclic) bond motifs is 2. The third-order valence-corrected chi connectivity index (χ3v) is 4.43. The first-order valence-electron chi connectivity index (χ1n) is 7.25. The molecule has 0 saturated heterocycles. The Morgan fingerprint density at radius 3 is 2.23 bits per heavy atom. The highest BCUT2D eigenvalue weighted by molar-refractivity contribution is 6.35. The first-order chi connectivity index (χ1) is 12.5. The van der Waals surface area contributed by atoms with Crippen molar-refractivity contribution in [3.63, 3.8) is 0 Å². The summed E-state index contributed by atoms with van der Waals surface area (Å²) in [6, 6.07) is 0. The fourth-order valence-corrected chi connectivity index (χ4v) is 3.35. The van der Waals surface area contributed by atoms with E-state index in [4.69, 9.17) is 46.4 Å². The second-order valence-electron chi connectivity index (χ2n) is 5.18. The van der Waals surface area contributed by atoms with Gasteiger partial charge < -0.3 is 9.13 Å². The molecule has 0 N–H and O–H groups in total. The Kier molecular flexibility index (Phi) is 4.66. The number of hydrogen-bond acceptors (Lipinski definition) is 6. The topological polar surface area (TPSA) is 87.2 Å². The molecule has 4 aromatic rings. The maximum Gasteiger partial charge on any atom is 0.225 e. The van der Waals surface area contributed by atoms with Gasteiger partial charge in [-0.15, -0.1) is 0 Å². The van der Waals surface area contributed by atoms with Crippen molar-refractivity contribution in [2.24, 2.45) is 0 Å². The summed E-state index contributed by atoms with van der Waals surface area (Å²) in [6.07, 6.45) is 7.15. The monoisotopic (exact) mass is 428 g/mol. The van der Waals surface area contributed by atoms with Gasteiger partial charge in [-0.3, -0.25) is 0 Å². The summed E-state index contributed by atoms with van der Waals surface area (Å²) in [5, 5.41) is 0.620. The van der Waals surface area contributed by atoms with Gasteiger partial charge in [-0.25, -0.2) is 19.9 Å². The van der Waals surface area contributed by atoms with Gasteiger partial charge in [0.2, 0.25) is 10.6 Å². The van der Waals surface area contributed by atoms with Crippen molar-refractivity contribution in [2.45, 2.75) is 13.1 Å². The maximum absolute atomic E-state index is 6.13. The number of nitrogens with zero attached hydrogens (tertiary/aromatic N) is 8. The summed E-state index contributed by atoms with van der Waals surface area (Å²) >= 11 is 23.8. The number of rotatable bonds is 4. The van der Waals surface area contributed by atoms with Crippen molar-refractivity contribution in [1.82, 2.24) is 39.0 Å². The zero-order chi connectivity index (χ0) is 18.3. The molecular weight excluding hydrogens is 422 g/mol. The lowest BCUT2D eigenvalue weighted by Crippen LogP contribution is -1.98. The maximum atomic E-state index is 6.13. The lowest BCUT2D eigenvalue weighted by molar-refractivity contribution is 0.810. The van der Waals surface area contributed by atoms with E-state index < -0.39 is 0 Å². The van der Waals surface area contributed by atoms with Crippen molar-refractivity contribution < 1.29 is 0 Å². The van der Waals surface area contributed by atoms with E-state index in [0.29, 0.717) is 35.4 Å². The largest absolute Gasteiger partial charge is 0.323 e. The van der Waals surface area contributed by atoms with E-state index in [0.717, 1.165) is 0 Å². The summed E-state index contributed by atoms with van der Waals surface area (Å²) in [7, 11) is 0. The van der Waals surface area contributed by atoms with Crippen LogP contribution in [0.5, 0.6) is 0 Å². The molecule has 0 radical (unpaired) electrons. The summed E-state index contributed by atoms with van der Waals surface area (Å²) in [4.78, 5) is 24.4. The average Bonchev–Trinajstić information content (AvgIpc) is 3.16. The van der Waals surface area contributed by atoms with Crippen molar-refractivity contribution in [3.05, 3.63) is 45.7 Å². The van der Waals surface area contributed by atoms with Gasteiger partial charge in [0.15, 0.2) is 21.6 Å². The number of hydrogen-bond donors (Lipinski definition) is 0. The standard InChI is InChI=1S/C14H8Cl4N8/c15-9-7-12(24-14(18)21-9)26(5-19-7)4-2-1-3-25-6-20-11-8(25)10(16)22-13(17)23-11/h1-2,5-6H,3-4H2/b2-1-. The van der Waals surface area contributed by atoms with Gasteiger partial charge in [0.25, 0.3) is 0 Å². The second kappa shape index (κ2) is 6.96. The minimum absolute atomic E-state index is 0.0644. The summed E-state index contributed by atoms with van der Waals surface area (Å²) in [5.74, 6) is 0. The Hall–Kier alpha value is -2.00. The molecule has 0 spiro atoms.